The van der Waals surface area contributed by atoms with Crippen molar-refractivity contribution in [1.82, 2.24) is 5.32 Å². The van der Waals surface area contributed by atoms with E-state index >= 15 is 0 Å². The summed E-state index contributed by atoms with van der Waals surface area (Å²) in [7, 11) is 0. The molecule has 2 aromatic heterocycles. The molecule has 3 N–H and O–H groups in total. The molecule has 7 heteroatoms. The number of thiophene rings is 1. The van der Waals surface area contributed by atoms with Crippen LogP contribution in [0.25, 0.3) is 0 Å². The minimum Gasteiger partial charge on any atom is -0.494 e. The first-order valence-corrected chi connectivity index (χ1v) is 9.13. The molecule has 0 fully saturated rings. The lowest BCUT2D eigenvalue weighted by molar-refractivity contribution is 0.0597. The highest BCUT2D eigenvalue weighted by Gasteiger charge is 2.35. The number of urea groups is 1. The summed E-state index contributed by atoms with van der Waals surface area (Å²) in [6.45, 7) is 2.47. The summed E-state index contributed by atoms with van der Waals surface area (Å²) in [5.41, 5.74) is -0.138. The third-order valence-electron chi connectivity index (χ3n) is 3.86. The molecule has 0 spiro atoms. The quantitative estimate of drug-likeness (QED) is 0.589. The molecule has 6 nitrogen and oxygen atoms in total. The number of carbonyl (C=O) groups is 1. The van der Waals surface area contributed by atoms with E-state index in [2.05, 4.69) is 10.6 Å². The zero-order valence-electron chi connectivity index (χ0n) is 14.3. The monoisotopic (exact) mass is 372 g/mol. The van der Waals surface area contributed by atoms with Gasteiger partial charge in [-0.1, -0.05) is 0 Å². The van der Waals surface area contributed by atoms with Crippen molar-refractivity contribution in [3.05, 3.63) is 70.8 Å². The van der Waals surface area contributed by atoms with E-state index < -0.39 is 11.6 Å². The molecular formula is C19H20N2O4S. The Labute approximate surface area is 155 Å². The van der Waals surface area contributed by atoms with Gasteiger partial charge in [-0.15, -0.1) is 0 Å². The molecule has 26 heavy (non-hydrogen) atoms. The van der Waals surface area contributed by atoms with Gasteiger partial charge < -0.3 is 24.9 Å². The number of hydrogen-bond acceptors (Lipinski definition) is 5. The van der Waals surface area contributed by atoms with Crippen LogP contribution in [0.15, 0.2) is 63.9 Å². The summed E-state index contributed by atoms with van der Waals surface area (Å²) in [5.74, 6) is 1.11. The molecule has 136 valence electrons. The van der Waals surface area contributed by atoms with Gasteiger partial charge >= 0.3 is 6.03 Å². The van der Waals surface area contributed by atoms with Crippen molar-refractivity contribution >= 4 is 23.1 Å². The number of anilines is 1. The molecule has 3 rings (SSSR count). The second-order valence-electron chi connectivity index (χ2n) is 5.61. The molecule has 0 bridgehead atoms. The fourth-order valence-electron chi connectivity index (χ4n) is 2.53. The van der Waals surface area contributed by atoms with Gasteiger partial charge in [0, 0.05) is 11.3 Å². The predicted molar refractivity (Wildman–Crippen MR) is 101 cm³/mol. The van der Waals surface area contributed by atoms with E-state index in [-0.39, 0.29) is 6.54 Å². The van der Waals surface area contributed by atoms with E-state index in [0.29, 0.717) is 23.6 Å². The molecule has 0 unspecified atom stereocenters. The molecule has 0 radical (unpaired) electrons. The molecule has 1 aromatic carbocycles. The Bertz CT molecular complexity index is 780. The number of ether oxygens (including phenoxy) is 1. The number of aliphatic hydroxyl groups is 1. The minimum absolute atomic E-state index is 0.0277. The summed E-state index contributed by atoms with van der Waals surface area (Å²) in [6.07, 6.45) is 1.49. The largest absolute Gasteiger partial charge is 0.494 e. The average Bonchev–Trinajstić information content (AvgIpc) is 3.36. The van der Waals surface area contributed by atoms with Gasteiger partial charge in [0.05, 0.1) is 19.4 Å². The fourth-order valence-corrected chi connectivity index (χ4v) is 3.25. The molecule has 0 saturated carbocycles. The molecule has 2 heterocycles. The number of benzene rings is 1. The van der Waals surface area contributed by atoms with Gasteiger partial charge in [0.2, 0.25) is 0 Å². The predicted octanol–water partition coefficient (Wildman–Crippen LogP) is 3.80. The number of amides is 2. The van der Waals surface area contributed by atoms with Crippen LogP contribution in [0.2, 0.25) is 0 Å². The van der Waals surface area contributed by atoms with Gasteiger partial charge in [-0.3, -0.25) is 0 Å². The van der Waals surface area contributed by atoms with Gasteiger partial charge in [0.15, 0.2) is 5.60 Å². The van der Waals surface area contributed by atoms with E-state index in [4.69, 9.17) is 9.15 Å². The second kappa shape index (κ2) is 8.07. The van der Waals surface area contributed by atoms with E-state index in [9.17, 15) is 9.90 Å². The van der Waals surface area contributed by atoms with E-state index in [1.54, 1.807) is 42.5 Å². The van der Waals surface area contributed by atoms with Crippen molar-refractivity contribution in [3.8, 4) is 5.75 Å². The Morgan fingerprint density at radius 2 is 2.08 bits per heavy atom. The number of carbonyl (C=O) groups excluding carboxylic acids is 1. The van der Waals surface area contributed by atoms with Gasteiger partial charge in [-0.2, -0.15) is 11.3 Å². The van der Waals surface area contributed by atoms with Crippen molar-refractivity contribution in [2.24, 2.45) is 0 Å². The minimum atomic E-state index is -1.43. The second-order valence-corrected chi connectivity index (χ2v) is 6.39. The Morgan fingerprint density at radius 1 is 1.27 bits per heavy atom. The Balaban J connectivity index is 1.65. The topological polar surface area (TPSA) is 83.7 Å². The first-order valence-electron chi connectivity index (χ1n) is 8.18. The van der Waals surface area contributed by atoms with E-state index in [1.807, 2.05) is 17.7 Å². The van der Waals surface area contributed by atoms with Gasteiger partial charge in [0.1, 0.15) is 11.5 Å². The van der Waals surface area contributed by atoms with Crippen LogP contribution >= 0.6 is 11.3 Å². The SMILES string of the molecule is CCOc1ccc(NC(=O)NC[C@](O)(c2ccsc2)c2ccco2)cc1. The van der Waals surface area contributed by atoms with Crippen molar-refractivity contribution in [2.75, 3.05) is 18.5 Å². The Morgan fingerprint density at radius 3 is 2.69 bits per heavy atom. The van der Waals surface area contributed by atoms with Crippen LogP contribution in [0.4, 0.5) is 10.5 Å². The normalized spacial score (nSPS) is 13.0. The van der Waals surface area contributed by atoms with Crippen LogP contribution in [0.1, 0.15) is 18.2 Å². The lowest BCUT2D eigenvalue weighted by Gasteiger charge is -2.25. The van der Waals surface area contributed by atoms with E-state index in [1.165, 1.54) is 17.6 Å². The van der Waals surface area contributed by atoms with Crippen LogP contribution in [-0.4, -0.2) is 24.3 Å². The van der Waals surface area contributed by atoms with Crippen molar-refractivity contribution < 1.29 is 19.1 Å². The average molecular weight is 372 g/mol. The van der Waals surface area contributed by atoms with Crippen LogP contribution in [0, 0.1) is 0 Å². The zero-order chi connectivity index (χ0) is 18.4. The van der Waals surface area contributed by atoms with Crippen molar-refractivity contribution in [1.29, 1.82) is 0 Å². The van der Waals surface area contributed by atoms with Crippen LogP contribution < -0.4 is 15.4 Å². The number of rotatable bonds is 7. The van der Waals surface area contributed by atoms with Crippen LogP contribution in [0.5, 0.6) is 5.75 Å². The van der Waals surface area contributed by atoms with Crippen molar-refractivity contribution in [2.45, 2.75) is 12.5 Å². The number of furan rings is 1. The summed E-state index contributed by atoms with van der Waals surface area (Å²) >= 11 is 1.46. The standard InChI is InChI=1S/C19H20N2O4S/c1-2-24-16-7-5-15(6-8-16)21-18(22)20-13-19(23,14-9-11-26-12-14)17-4-3-10-25-17/h3-12,23H,2,13H2,1H3,(H2,20,21,22)/t19-/m0/s1. The highest BCUT2D eigenvalue weighted by Crippen LogP contribution is 2.31. The van der Waals surface area contributed by atoms with Gasteiger partial charge in [-0.25, -0.2) is 4.79 Å². The first-order chi connectivity index (χ1) is 12.6. The van der Waals surface area contributed by atoms with Crippen LogP contribution in [0.3, 0.4) is 0 Å². The molecule has 0 aliphatic heterocycles. The maximum atomic E-state index is 12.2. The highest BCUT2D eigenvalue weighted by molar-refractivity contribution is 7.08. The zero-order valence-corrected chi connectivity index (χ0v) is 15.1. The number of hydrogen-bond donors (Lipinski definition) is 3. The highest BCUT2D eigenvalue weighted by atomic mass is 32.1. The van der Waals surface area contributed by atoms with E-state index in [0.717, 1.165) is 5.75 Å². The first kappa shape index (κ1) is 18.0. The molecule has 1 atom stereocenters. The molecule has 3 aromatic rings. The number of nitrogens with one attached hydrogen (secondary N) is 2. The van der Waals surface area contributed by atoms with Crippen molar-refractivity contribution in [3.63, 3.8) is 0 Å². The third-order valence-corrected chi connectivity index (χ3v) is 4.54. The summed E-state index contributed by atoms with van der Waals surface area (Å²) < 4.78 is 10.7. The lowest BCUT2D eigenvalue weighted by Crippen LogP contribution is -2.42. The fraction of sp³-hybridized carbons (Fsp3) is 0.211. The molecule has 0 aliphatic rings. The maximum Gasteiger partial charge on any atom is 0.319 e. The molecular weight excluding hydrogens is 352 g/mol. The molecule has 0 saturated heterocycles. The van der Waals surface area contributed by atoms with Gasteiger partial charge in [0.25, 0.3) is 0 Å². The summed E-state index contributed by atoms with van der Waals surface area (Å²) in [6, 6.07) is 11.8. The Kier molecular flexibility index (Phi) is 5.60. The molecule has 0 aliphatic carbocycles. The smallest absolute Gasteiger partial charge is 0.319 e. The van der Waals surface area contributed by atoms with Gasteiger partial charge in [-0.05, 0) is 60.1 Å². The third kappa shape index (κ3) is 4.07. The maximum absolute atomic E-state index is 12.2. The summed E-state index contributed by atoms with van der Waals surface area (Å²) in [5, 5.41) is 20.2. The Hall–Kier alpha value is -2.77. The molecule has 2 amide bonds. The summed E-state index contributed by atoms with van der Waals surface area (Å²) in [4.78, 5) is 12.2. The van der Waals surface area contributed by atoms with Crippen LogP contribution in [-0.2, 0) is 5.60 Å². The lowest BCUT2D eigenvalue weighted by atomic mass is 9.93.